The standard InChI is InChI=1S/C19H12Cl3F3O2/c20-13-6-12(7-14(21)8-13)18(19(23,24)25)4-3-11(9-18)10-1-2-15(17(26)27)16(22)5-10/h1-2,5-9H,3-4H2,(H,26,27). The van der Waals surface area contributed by atoms with Crippen LogP contribution in [0.25, 0.3) is 5.57 Å². The Kier molecular flexibility index (Phi) is 5.23. The van der Waals surface area contributed by atoms with Gasteiger partial charge in [0.15, 0.2) is 0 Å². The van der Waals surface area contributed by atoms with Crippen molar-refractivity contribution in [1.29, 1.82) is 0 Å². The number of carboxylic acid groups (broad SMARTS) is 1. The molecule has 1 atom stereocenters. The first-order chi connectivity index (χ1) is 12.5. The highest BCUT2D eigenvalue weighted by molar-refractivity contribution is 6.34. The molecule has 2 nitrogen and oxygen atoms in total. The van der Waals surface area contributed by atoms with Gasteiger partial charge in [0.2, 0.25) is 0 Å². The Balaban J connectivity index is 2.12. The number of carboxylic acids is 1. The summed E-state index contributed by atoms with van der Waals surface area (Å²) in [6.45, 7) is 0. The van der Waals surface area contributed by atoms with Gasteiger partial charge in [0.05, 0.1) is 10.6 Å². The number of hydrogen-bond acceptors (Lipinski definition) is 1. The summed E-state index contributed by atoms with van der Waals surface area (Å²) in [5.74, 6) is -1.20. The fourth-order valence-corrected chi connectivity index (χ4v) is 4.10. The van der Waals surface area contributed by atoms with E-state index in [0.717, 1.165) is 6.08 Å². The van der Waals surface area contributed by atoms with Crippen molar-refractivity contribution < 1.29 is 23.1 Å². The summed E-state index contributed by atoms with van der Waals surface area (Å²) in [6, 6.07) is 8.01. The highest BCUT2D eigenvalue weighted by atomic mass is 35.5. The average Bonchev–Trinajstić information content (AvgIpc) is 3.00. The highest BCUT2D eigenvalue weighted by Crippen LogP contribution is 2.53. The maximum Gasteiger partial charge on any atom is 0.401 e. The summed E-state index contributed by atoms with van der Waals surface area (Å²) in [7, 11) is 0. The molecule has 0 spiro atoms. The van der Waals surface area contributed by atoms with Gasteiger partial charge in [-0.25, -0.2) is 4.79 Å². The van der Waals surface area contributed by atoms with E-state index < -0.39 is 17.6 Å². The largest absolute Gasteiger partial charge is 0.478 e. The van der Waals surface area contributed by atoms with Crippen LogP contribution in [-0.2, 0) is 5.41 Å². The van der Waals surface area contributed by atoms with Crippen molar-refractivity contribution in [3.63, 3.8) is 0 Å². The maximum atomic E-state index is 14.1. The lowest BCUT2D eigenvalue weighted by Crippen LogP contribution is -2.39. The van der Waals surface area contributed by atoms with Crippen molar-refractivity contribution in [3.05, 3.63) is 74.2 Å². The first-order valence-electron chi connectivity index (χ1n) is 7.82. The Bertz CT molecular complexity index is 933. The van der Waals surface area contributed by atoms with Gasteiger partial charge in [-0.2, -0.15) is 13.2 Å². The molecule has 1 aliphatic rings. The molecule has 0 radical (unpaired) electrons. The number of hydrogen-bond donors (Lipinski definition) is 1. The lowest BCUT2D eigenvalue weighted by molar-refractivity contribution is -0.175. The first-order valence-corrected chi connectivity index (χ1v) is 8.95. The minimum absolute atomic E-state index is 0.0313. The van der Waals surface area contributed by atoms with Gasteiger partial charge >= 0.3 is 12.1 Å². The molecule has 0 saturated heterocycles. The lowest BCUT2D eigenvalue weighted by Gasteiger charge is -2.31. The van der Waals surface area contributed by atoms with Gasteiger partial charge in [-0.3, -0.25) is 0 Å². The Morgan fingerprint density at radius 1 is 1.04 bits per heavy atom. The van der Waals surface area contributed by atoms with E-state index in [4.69, 9.17) is 39.9 Å². The summed E-state index contributed by atoms with van der Waals surface area (Å²) in [5.41, 5.74) is -1.49. The van der Waals surface area contributed by atoms with Crippen molar-refractivity contribution >= 4 is 46.3 Å². The van der Waals surface area contributed by atoms with E-state index in [1.54, 1.807) is 0 Å². The number of aromatic carboxylic acids is 1. The van der Waals surface area contributed by atoms with Gasteiger partial charge < -0.3 is 5.11 Å². The van der Waals surface area contributed by atoms with Crippen LogP contribution >= 0.6 is 34.8 Å². The molecule has 0 heterocycles. The Morgan fingerprint density at radius 2 is 1.67 bits per heavy atom. The van der Waals surface area contributed by atoms with E-state index in [9.17, 15) is 18.0 Å². The molecule has 0 aromatic heterocycles. The van der Waals surface area contributed by atoms with E-state index >= 15 is 0 Å². The Morgan fingerprint density at radius 3 is 2.19 bits per heavy atom. The van der Waals surface area contributed by atoms with Gasteiger partial charge in [0.1, 0.15) is 5.41 Å². The van der Waals surface area contributed by atoms with E-state index in [-0.39, 0.29) is 39.0 Å². The van der Waals surface area contributed by atoms with Crippen molar-refractivity contribution in [1.82, 2.24) is 0 Å². The van der Waals surface area contributed by atoms with E-state index in [1.807, 2.05) is 0 Å². The minimum atomic E-state index is -4.56. The molecule has 1 unspecified atom stereocenters. The topological polar surface area (TPSA) is 37.3 Å². The van der Waals surface area contributed by atoms with Gasteiger partial charge in [-0.15, -0.1) is 0 Å². The second-order valence-corrected chi connectivity index (χ2v) is 7.58. The summed E-state index contributed by atoms with van der Waals surface area (Å²) in [4.78, 5) is 11.1. The highest BCUT2D eigenvalue weighted by Gasteiger charge is 2.56. The molecule has 8 heteroatoms. The molecule has 0 bridgehead atoms. The quantitative estimate of drug-likeness (QED) is 0.562. The van der Waals surface area contributed by atoms with Crippen LogP contribution < -0.4 is 0 Å². The molecule has 0 saturated carbocycles. The fraction of sp³-hybridized carbons (Fsp3) is 0.211. The van der Waals surface area contributed by atoms with E-state index in [0.29, 0.717) is 11.1 Å². The molecule has 2 aromatic rings. The predicted molar refractivity (Wildman–Crippen MR) is 99.8 cm³/mol. The molecule has 0 aliphatic heterocycles. The normalized spacial score (nSPS) is 19.9. The summed E-state index contributed by atoms with van der Waals surface area (Å²) >= 11 is 17.8. The zero-order chi connectivity index (χ0) is 20.0. The molecule has 27 heavy (non-hydrogen) atoms. The zero-order valence-electron chi connectivity index (χ0n) is 13.6. The Hall–Kier alpha value is -1.69. The summed E-state index contributed by atoms with van der Waals surface area (Å²) < 4.78 is 42.2. The van der Waals surface area contributed by atoms with Gasteiger partial charge in [0, 0.05) is 10.0 Å². The Labute approximate surface area is 168 Å². The van der Waals surface area contributed by atoms with Crippen molar-refractivity contribution in [2.24, 2.45) is 0 Å². The smallest absolute Gasteiger partial charge is 0.401 e. The van der Waals surface area contributed by atoms with Gasteiger partial charge in [0.25, 0.3) is 0 Å². The molecule has 0 amide bonds. The van der Waals surface area contributed by atoms with Crippen LogP contribution in [0.3, 0.4) is 0 Å². The van der Waals surface area contributed by atoms with Crippen LogP contribution in [0.5, 0.6) is 0 Å². The number of rotatable bonds is 3. The number of carbonyl (C=O) groups is 1. The molecule has 1 N–H and O–H groups in total. The zero-order valence-corrected chi connectivity index (χ0v) is 15.8. The third-order valence-corrected chi connectivity index (χ3v) is 5.41. The van der Waals surface area contributed by atoms with Crippen LogP contribution in [0.4, 0.5) is 13.2 Å². The van der Waals surface area contributed by atoms with Crippen LogP contribution in [0.2, 0.25) is 15.1 Å². The van der Waals surface area contributed by atoms with Gasteiger partial charge in [-0.1, -0.05) is 46.9 Å². The number of benzene rings is 2. The minimum Gasteiger partial charge on any atom is -0.478 e. The van der Waals surface area contributed by atoms with E-state index in [1.165, 1.54) is 36.4 Å². The van der Waals surface area contributed by atoms with Crippen molar-refractivity contribution in [2.75, 3.05) is 0 Å². The molecule has 2 aromatic carbocycles. The first kappa shape index (κ1) is 20.1. The molecular formula is C19H12Cl3F3O2. The molecule has 3 rings (SSSR count). The average molecular weight is 436 g/mol. The third kappa shape index (κ3) is 3.68. The van der Waals surface area contributed by atoms with Crippen molar-refractivity contribution in [3.8, 4) is 0 Å². The summed E-state index contributed by atoms with van der Waals surface area (Å²) in [6.07, 6.45) is -3.47. The van der Waals surface area contributed by atoms with Crippen LogP contribution in [0.1, 0.15) is 34.3 Å². The second kappa shape index (κ2) is 7.04. The maximum absolute atomic E-state index is 14.1. The molecular weight excluding hydrogens is 424 g/mol. The third-order valence-electron chi connectivity index (χ3n) is 4.66. The van der Waals surface area contributed by atoms with Crippen LogP contribution in [0, 0.1) is 0 Å². The number of halogens is 6. The fourth-order valence-electron chi connectivity index (χ4n) is 3.32. The second-order valence-electron chi connectivity index (χ2n) is 6.30. The predicted octanol–water partition coefficient (Wildman–Crippen LogP) is 7.02. The molecule has 142 valence electrons. The van der Waals surface area contributed by atoms with Crippen LogP contribution in [-0.4, -0.2) is 17.3 Å². The monoisotopic (exact) mass is 434 g/mol. The summed E-state index contributed by atoms with van der Waals surface area (Å²) in [5, 5.41) is 9.25. The SMILES string of the molecule is O=C(O)c1ccc(C2=CC(c3cc(Cl)cc(Cl)c3)(C(F)(F)F)CC2)cc1Cl. The number of alkyl halides is 3. The molecule has 1 aliphatic carbocycles. The van der Waals surface area contributed by atoms with Crippen LogP contribution in [0.15, 0.2) is 42.5 Å². The van der Waals surface area contributed by atoms with Gasteiger partial charge in [-0.05, 0) is 59.9 Å². The lowest BCUT2D eigenvalue weighted by atomic mass is 9.79. The number of allylic oxidation sites excluding steroid dienone is 2. The van der Waals surface area contributed by atoms with E-state index in [2.05, 4.69) is 0 Å². The van der Waals surface area contributed by atoms with Crippen molar-refractivity contribution in [2.45, 2.75) is 24.4 Å². The molecule has 0 fully saturated rings.